The van der Waals surface area contributed by atoms with Crippen molar-refractivity contribution >= 4 is 41.1 Å². The number of carbonyl (C=O) groups excluding carboxylic acids is 2. The second-order valence-electron chi connectivity index (χ2n) is 11.1. The summed E-state index contributed by atoms with van der Waals surface area (Å²) in [7, 11) is 0. The number of hydrogen-bond donors (Lipinski definition) is 5. The molecule has 2 aromatic carbocycles. The zero-order valence-electron chi connectivity index (χ0n) is 27.4. The predicted molar refractivity (Wildman–Crippen MR) is 186 cm³/mol. The molecule has 5 atom stereocenters. The van der Waals surface area contributed by atoms with Crippen molar-refractivity contribution in [2.24, 2.45) is 11.5 Å². The molecule has 0 radical (unpaired) electrons. The van der Waals surface area contributed by atoms with Crippen LogP contribution in [0.2, 0.25) is 5.02 Å². The van der Waals surface area contributed by atoms with Crippen LogP contribution < -0.4 is 21.9 Å². The first-order valence-electron chi connectivity index (χ1n) is 15.3. The van der Waals surface area contributed by atoms with Crippen LogP contribution >= 0.6 is 23.4 Å². The Kier molecular flexibility index (Phi) is 13.4. The Morgan fingerprint density at radius 1 is 0.922 bits per heavy atom. The normalized spacial score (nSPS) is 13.9. The molecule has 0 bridgehead atoms. The highest BCUT2D eigenvalue weighted by Gasteiger charge is 2.28. The number of aromatic nitrogens is 2. The van der Waals surface area contributed by atoms with Crippen LogP contribution in [-0.2, 0) is 24.8 Å². The van der Waals surface area contributed by atoms with Gasteiger partial charge in [0.15, 0.2) is 6.10 Å². The summed E-state index contributed by atoms with van der Waals surface area (Å²) >= 11 is 7.16. The summed E-state index contributed by atoms with van der Waals surface area (Å²) in [4.78, 5) is 33.4. The number of benzene rings is 2. The first kappa shape index (κ1) is 38.6. The van der Waals surface area contributed by atoms with E-state index in [1.165, 1.54) is 31.9 Å². The standard InChI is InChI=1S/C34H34ClN7O8S/c1-17(43)28(38)33(45)49-15-24(50-34(46)29(39)18(2)44)14-47-23-9-5-19(6-10-23)27-25(11-36)30(40)42-32(26(27)12-37)51-16-22-13-48-31(41-22)20-3-7-21(35)8-4-20/h3-10,13,17-18,24,28-29,43-44H,14-16,38-39H2,1-2H3,(H2,40,42)/t17-,18-,24+,28+,29+/m1/s1. The number of anilines is 1. The lowest BCUT2D eigenvalue weighted by molar-refractivity contribution is -0.165. The summed E-state index contributed by atoms with van der Waals surface area (Å²) in [6.07, 6.45) is -2.08. The fourth-order valence-corrected chi connectivity index (χ4v) is 5.36. The van der Waals surface area contributed by atoms with Crippen LogP contribution in [0.5, 0.6) is 5.75 Å². The van der Waals surface area contributed by atoms with Gasteiger partial charge in [0.25, 0.3) is 0 Å². The van der Waals surface area contributed by atoms with E-state index in [1.54, 1.807) is 48.5 Å². The van der Waals surface area contributed by atoms with Gasteiger partial charge in [-0.2, -0.15) is 10.5 Å². The molecule has 0 saturated heterocycles. The van der Waals surface area contributed by atoms with Crippen molar-refractivity contribution < 1.29 is 38.4 Å². The van der Waals surface area contributed by atoms with Gasteiger partial charge in [0.1, 0.15) is 65.9 Å². The Labute approximate surface area is 301 Å². The molecule has 17 heteroatoms. The van der Waals surface area contributed by atoms with Crippen molar-refractivity contribution in [2.75, 3.05) is 18.9 Å². The highest BCUT2D eigenvalue weighted by atomic mass is 35.5. The lowest BCUT2D eigenvalue weighted by Gasteiger charge is -2.22. The number of rotatable bonds is 15. The number of thioether (sulfide) groups is 1. The van der Waals surface area contributed by atoms with Gasteiger partial charge in [-0.25, -0.2) is 9.97 Å². The SMILES string of the molecule is C[C@@H](O)[C@H](N)C(=O)OC[C@H](COc1ccc(-c2c(C#N)c(N)nc(SCc3coc(-c4ccc(Cl)cc4)n3)c2C#N)cc1)OC(=O)[C@@H](N)[C@@H](C)O. The minimum absolute atomic E-state index is 0.00896. The molecule has 0 fully saturated rings. The number of esters is 2. The number of nitrogens with zero attached hydrogens (tertiary/aromatic N) is 4. The van der Waals surface area contributed by atoms with Gasteiger partial charge in [-0.1, -0.05) is 35.5 Å². The molecule has 0 aliphatic rings. The van der Waals surface area contributed by atoms with Crippen LogP contribution in [0.1, 0.15) is 30.7 Å². The van der Waals surface area contributed by atoms with Crippen LogP contribution in [-0.4, -0.2) is 75.7 Å². The number of hydrogen-bond acceptors (Lipinski definition) is 16. The summed E-state index contributed by atoms with van der Waals surface area (Å²) < 4.78 is 21.8. The van der Waals surface area contributed by atoms with Crippen LogP contribution in [0.15, 0.2) is 64.2 Å². The minimum atomic E-state index is -1.37. The van der Waals surface area contributed by atoms with Gasteiger partial charge in [-0.15, -0.1) is 0 Å². The number of oxazole rings is 1. The zero-order valence-corrected chi connectivity index (χ0v) is 28.9. The molecule has 0 amide bonds. The van der Waals surface area contributed by atoms with Gasteiger partial charge >= 0.3 is 11.9 Å². The van der Waals surface area contributed by atoms with E-state index in [-0.39, 0.29) is 45.6 Å². The lowest BCUT2D eigenvalue weighted by Crippen LogP contribution is -2.46. The molecule has 15 nitrogen and oxygen atoms in total. The van der Waals surface area contributed by atoms with E-state index < -0.39 is 48.9 Å². The molecule has 8 N–H and O–H groups in total. The molecule has 4 aromatic rings. The third-order valence-corrected chi connectivity index (χ3v) is 8.53. The number of nitrogens with two attached hydrogens (primary N) is 3. The molecular formula is C34H34ClN7O8S. The summed E-state index contributed by atoms with van der Waals surface area (Å²) in [5, 5.41) is 40.2. The maximum absolute atomic E-state index is 12.4. The Balaban J connectivity index is 1.51. The second-order valence-corrected chi connectivity index (χ2v) is 12.5. The van der Waals surface area contributed by atoms with Crippen molar-refractivity contribution in [3.05, 3.63) is 76.6 Å². The van der Waals surface area contributed by atoms with Gasteiger partial charge in [-0.3, -0.25) is 9.59 Å². The van der Waals surface area contributed by atoms with Gasteiger partial charge in [0, 0.05) is 21.9 Å². The largest absolute Gasteiger partial charge is 0.490 e. The van der Waals surface area contributed by atoms with Crippen molar-refractivity contribution in [3.63, 3.8) is 0 Å². The minimum Gasteiger partial charge on any atom is -0.490 e. The molecule has 0 saturated carbocycles. The van der Waals surface area contributed by atoms with Gasteiger partial charge < -0.3 is 46.0 Å². The molecule has 51 heavy (non-hydrogen) atoms. The molecule has 266 valence electrons. The number of nitrogen functional groups attached to an aromatic ring is 1. The molecule has 0 unspecified atom stereocenters. The number of aliphatic hydroxyl groups is 2. The first-order valence-corrected chi connectivity index (χ1v) is 16.6. The highest BCUT2D eigenvalue weighted by Crippen LogP contribution is 2.37. The maximum Gasteiger partial charge on any atom is 0.326 e. The van der Waals surface area contributed by atoms with E-state index in [0.29, 0.717) is 22.2 Å². The first-order chi connectivity index (χ1) is 24.3. The van der Waals surface area contributed by atoms with Crippen LogP contribution in [0.3, 0.4) is 0 Å². The summed E-state index contributed by atoms with van der Waals surface area (Å²) in [6.45, 7) is 1.82. The van der Waals surface area contributed by atoms with Crippen molar-refractivity contribution in [2.45, 2.75) is 55.0 Å². The van der Waals surface area contributed by atoms with E-state index in [0.717, 1.165) is 5.56 Å². The average Bonchev–Trinajstić information content (AvgIpc) is 3.60. The molecule has 2 heterocycles. The number of nitriles is 2. The summed E-state index contributed by atoms with van der Waals surface area (Å²) in [5.74, 6) is -1.01. The van der Waals surface area contributed by atoms with Gasteiger partial charge in [-0.05, 0) is 55.8 Å². The van der Waals surface area contributed by atoms with Crippen LogP contribution in [0, 0.1) is 22.7 Å². The van der Waals surface area contributed by atoms with Crippen molar-refractivity contribution in [1.82, 2.24) is 9.97 Å². The lowest BCUT2D eigenvalue weighted by atomic mass is 9.97. The predicted octanol–water partition coefficient (Wildman–Crippen LogP) is 2.92. The number of carbonyl (C=O) groups is 2. The summed E-state index contributed by atoms with van der Waals surface area (Å²) in [5.41, 5.74) is 19.7. The van der Waals surface area contributed by atoms with E-state index in [1.807, 2.05) is 6.07 Å². The number of pyridine rings is 1. The van der Waals surface area contributed by atoms with E-state index in [4.69, 9.17) is 47.4 Å². The monoisotopic (exact) mass is 735 g/mol. The van der Waals surface area contributed by atoms with E-state index in [2.05, 4.69) is 16.0 Å². The maximum atomic E-state index is 12.4. The number of aliphatic hydroxyl groups excluding tert-OH is 2. The third kappa shape index (κ3) is 9.95. The van der Waals surface area contributed by atoms with Crippen molar-refractivity contribution in [3.8, 4) is 40.5 Å². The molecule has 0 spiro atoms. The smallest absolute Gasteiger partial charge is 0.326 e. The average molecular weight is 736 g/mol. The Morgan fingerprint density at radius 2 is 1.53 bits per heavy atom. The number of ether oxygens (including phenoxy) is 3. The molecule has 0 aliphatic heterocycles. The zero-order chi connectivity index (χ0) is 37.2. The van der Waals surface area contributed by atoms with Crippen molar-refractivity contribution in [1.29, 1.82) is 10.5 Å². The second kappa shape index (κ2) is 17.6. The fraction of sp³-hybridized carbons (Fsp3) is 0.294. The van der Waals surface area contributed by atoms with Crippen LogP contribution in [0.25, 0.3) is 22.6 Å². The topological polar surface area (TPSA) is 267 Å². The van der Waals surface area contributed by atoms with Gasteiger partial charge in [0.05, 0.1) is 23.5 Å². The van der Waals surface area contributed by atoms with E-state index in [9.17, 15) is 30.3 Å². The van der Waals surface area contributed by atoms with E-state index >= 15 is 0 Å². The highest BCUT2D eigenvalue weighted by molar-refractivity contribution is 7.98. The fourth-order valence-electron chi connectivity index (χ4n) is 4.36. The quantitative estimate of drug-likeness (QED) is 0.0867. The Morgan fingerprint density at radius 3 is 2.14 bits per heavy atom. The third-order valence-electron chi connectivity index (χ3n) is 7.27. The molecular weight excluding hydrogens is 702 g/mol. The molecule has 4 rings (SSSR count). The summed E-state index contributed by atoms with van der Waals surface area (Å²) in [6, 6.07) is 14.8. The molecule has 0 aliphatic carbocycles. The number of halogens is 1. The van der Waals surface area contributed by atoms with Gasteiger partial charge in [0.2, 0.25) is 5.89 Å². The molecule has 2 aromatic heterocycles. The Hall–Kier alpha value is -5.20. The van der Waals surface area contributed by atoms with Crippen LogP contribution in [0.4, 0.5) is 5.82 Å². The Bertz CT molecular complexity index is 1920.